The summed E-state index contributed by atoms with van der Waals surface area (Å²) < 4.78 is 0. The third kappa shape index (κ3) is 3.23. The zero-order valence-electron chi connectivity index (χ0n) is 8.28. The molecular weight excluding hydrogens is 162 g/mol. The van der Waals surface area contributed by atoms with Gasteiger partial charge in [-0.05, 0) is 25.0 Å². The van der Waals surface area contributed by atoms with Gasteiger partial charge in [0.1, 0.15) is 0 Å². The fourth-order valence-electron chi connectivity index (χ4n) is 0.711. The lowest BCUT2D eigenvalue weighted by Crippen LogP contribution is -2.04. The summed E-state index contributed by atoms with van der Waals surface area (Å²) in [5.74, 6) is 0.476. The highest BCUT2D eigenvalue weighted by Gasteiger charge is 1.96. The number of anilines is 1. The number of aromatic nitrogens is 1. The molecule has 1 aromatic heterocycles. The van der Waals surface area contributed by atoms with Crippen molar-refractivity contribution in [1.29, 1.82) is 0 Å². The van der Waals surface area contributed by atoms with Crippen molar-refractivity contribution in [2.45, 2.75) is 20.8 Å². The van der Waals surface area contributed by atoms with E-state index in [0.29, 0.717) is 5.92 Å². The van der Waals surface area contributed by atoms with E-state index in [4.69, 9.17) is 0 Å². The number of hydrazone groups is 1. The smallest absolute Gasteiger partial charge is 0.0745 e. The van der Waals surface area contributed by atoms with Crippen LogP contribution >= 0.6 is 0 Å². The summed E-state index contributed by atoms with van der Waals surface area (Å²) >= 11 is 0. The van der Waals surface area contributed by atoms with Crippen LogP contribution < -0.4 is 5.43 Å². The zero-order chi connectivity index (χ0) is 9.68. The van der Waals surface area contributed by atoms with E-state index in [1.54, 1.807) is 12.4 Å². The third-order valence-electron chi connectivity index (χ3n) is 1.86. The monoisotopic (exact) mass is 177 g/mol. The molecule has 70 valence electrons. The van der Waals surface area contributed by atoms with E-state index in [1.165, 1.54) is 0 Å². The van der Waals surface area contributed by atoms with Crippen molar-refractivity contribution in [3.63, 3.8) is 0 Å². The molecule has 0 atom stereocenters. The molecule has 1 aromatic rings. The summed E-state index contributed by atoms with van der Waals surface area (Å²) in [5.41, 5.74) is 4.96. The highest BCUT2D eigenvalue weighted by atomic mass is 15.3. The third-order valence-corrected chi connectivity index (χ3v) is 1.86. The van der Waals surface area contributed by atoms with Gasteiger partial charge in [-0.15, -0.1) is 0 Å². The SMILES string of the molecule is C/C(=N/Nc1cccnc1)C(C)C. The number of hydrogen-bond donors (Lipinski definition) is 1. The second-order valence-electron chi connectivity index (χ2n) is 3.26. The standard InChI is InChI=1S/C10H15N3/c1-8(2)9(3)12-13-10-5-4-6-11-7-10/h4-8,13H,1-3H3/b12-9-. The minimum atomic E-state index is 0.476. The highest BCUT2D eigenvalue weighted by molar-refractivity contribution is 5.84. The Morgan fingerprint density at radius 3 is 2.85 bits per heavy atom. The largest absolute Gasteiger partial charge is 0.277 e. The van der Waals surface area contributed by atoms with Crippen molar-refractivity contribution in [2.75, 3.05) is 5.43 Å². The van der Waals surface area contributed by atoms with E-state index in [9.17, 15) is 0 Å². The van der Waals surface area contributed by atoms with Gasteiger partial charge in [0.05, 0.1) is 11.9 Å². The van der Waals surface area contributed by atoms with E-state index in [1.807, 2.05) is 19.1 Å². The van der Waals surface area contributed by atoms with E-state index in [2.05, 4.69) is 29.4 Å². The molecule has 0 aliphatic carbocycles. The lowest BCUT2D eigenvalue weighted by Gasteiger charge is -2.04. The minimum Gasteiger partial charge on any atom is -0.277 e. The molecule has 0 fully saturated rings. The fourth-order valence-corrected chi connectivity index (χ4v) is 0.711. The number of nitrogens with zero attached hydrogens (tertiary/aromatic N) is 2. The van der Waals surface area contributed by atoms with Crippen LogP contribution in [0.25, 0.3) is 0 Å². The highest BCUT2D eigenvalue weighted by Crippen LogP contribution is 2.03. The first-order valence-corrected chi connectivity index (χ1v) is 4.40. The topological polar surface area (TPSA) is 37.3 Å². The average molecular weight is 177 g/mol. The summed E-state index contributed by atoms with van der Waals surface area (Å²) in [7, 11) is 0. The van der Waals surface area contributed by atoms with E-state index in [0.717, 1.165) is 11.4 Å². The Morgan fingerprint density at radius 1 is 1.54 bits per heavy atom. The Labute approximate surface area is 78.9 Å². The Kier molecular flexibility index (Phi) is 3.43. The normalized spacial score (nSPS) is 11.8. The van der Waals surface area contributed by atoms with Crippen LogP contribution in [0, 0.1) is 5.92 Å². The second kappa shape index (κ2) is 4.60. The maximum absolute atomic E-state index is 4.22. The van der Waals surface area contributed by atoms with Gasteiger partial charge in [0.15, 0.2) is 0 Å². The van der Waals surface area contributed by atoms with Gasteiger partial charge >= 0.3 is 0 Å². The van der Waals surface area contributed by atoms with Crippen LogP contribution in [0.4, 0.5) is 5.69 Å². The van der Waals surface area contributed by atoms with Crippen molar-refractivity contribution in [2.24, 2.45) is 11.0 Å². The molecule has 1 rings (SSSR count). The maximum Gasteiger partial charge on any atom is 0.0745 e. The van der Waals surface area contributed by atoms with Crippen molar-refractivity contribution in [3.05, 3.63) is 24.5 Å². The van der Waals surface area contributed by atoms with E-state index >= 15 is 0 Å². The molecule has 0 unspecified atom stereocenters. The Hall–Kier alpha value is -1.38. The van der Waals surface area contributed by atoms with Crippen LogP contribution in [-0.4, -0.2) is 10.7 Å². The molecule has 0 spiro atoms. The van der Waals surface area contributed by atoms with Crippen LogP contribution in [0.15, 0.2) is 29.6 Å². The Morgan fingerprint density at radius 2 is 2.31 bits per heavy atom. The molecule has 13 heavy (non-hydrogen) atoms. The summed E-state index contributed by atoms with van der Waals surface area (Å²) in [4.78, 5) is 3.98. The average Bonchev–Trinajstić information content (AvgIpc) is 2.15. The number of rotatable bonds is 3. The van der Waals surface area contributed by atoms with E-state index in [-0.39, 0.29) is 0 Å². The Balaban J connectivity index is 2.57. The van der Waals surface area contributed by atoms with Crippen molar-refractivity contribution >= 4 is 11.4 Å². The molecule has 0 bridgehead atoms. The molecule has 0 aliphatic heterocycles. The summed E-state index contributed by atoms with van der Waals surface area (Å²) in [5, 5.41) is 4.22. The molecule has 1 heterocycles. The molecule has 0 saturated heterocycles. The molecule has 0 amide bonds. The van der Waals surface area contributed by atoms with Crippen molar-refractivity contribution in [3.8, 4) is 0 Å². The zero-order valence-corrected chi connectivity index (χ0v) is 8.28. The molecule has 0 aliphatic rings. The fraction of sp³-hybridized carbons (Fsp3) is 0.400. The molecule has 0 aromatic carbocycles. The van der Waals surface area contributed by atoms with Gasteiger partial charge in [0.2, 0.25) is 0 Å². The first kappa shape index (κ1) is 9.71. The van der Waals surface area contributed by atoms with Crippen LogP contribution in [0.3, 0.4) is 0 Å². The predicted molar refractivity (Wildman–Crippen MR) is 55.8 cm³/mol. The second-order valence-corrected chi connectivity index (χ2v) is 3.26. The molecule has 0 radical (unpaired) electrons. The lowest BCUT2D eigenvalue weighted by molar-refractivity contribution is 0.874. The molecule has 3 nitrogen and oxygen atoms in total. The van der Waals surface area contributed by atoms with E-state index < -0.39 is 0 Å². The minimum absolute atomic E-state index is 0.476. The summed E-state index contributed by atoms with van der Waals surface area (Å²) in [6, 6.07) is 3.81. The van der Waals surface area contributed by atoms with Gasteiger partial charge < -0.3 is 0 Å². The van der Waals surface area contributed by atoms with Crippen molar-refractivity contribution < 1.29 is 0 Å². The quantitative estimate of drug-likeness (QED) is 0.569. The van der Waals surface area contributed by atoms with Gasteiger partial charge in [-0.25, -0.2) is 0 Å². The molecular formula is C10H15N3. The maximum atomic E-state index is 4.22. The number of nitrogens with one attached hydrogen (secondary N) is 1. The van der Waals surface area contributed by atoms with Crippen LogP contribution in [0.1, 0.15) is 20.8 Å². The van der Waals surface area contributed by atoms with Crippen molar-refractivity contribution in [1.82, 2.24) is 4.98 Å². The summed E-state index contributed by atoms with van der Waals surface area (Å²) in [6.45, 7) is 6.24. The number of hydrogen-bond acceptors (Lipinski definition) is 3. The lowest BCUT2D eigenvalue weighted by atomic mass is 10.1. The summed E-state index contributed by atoms with van der Waals surface area (Å²) in [6.07, 6.45) is 3.49. The van der Waals surface area contributed by atoms with Gasteiger partial charge in [0.25, 0.3) is 0 Å². The van der Waals surface area contributed by atoms with Crippen LogP contribution in [-0.2, 0) is 0 Å². The molecule has 1 N–H and O–H groups in total. The first-order chi connectivity index (χ1) is 6.20. The number of pyridine rings is 1. The van der Waals surface area contributed by atoms with Gasteiger partial charge in [-0.1, -0.05) is 13.8 Å². The molecule has 3 heteroatoms. The van der Waals surface area contributed by atoms with Gasteiger partial charge in [-0.2, -0.15) is 5.10 Å². The first-order valence-electron chi connectivity index (χ1n) is 4.40. The Bertz CT molecular complexity index is 277. The predicted octanol–water partition coefficient (Wildman–Crippen LogP) is 2.53. The molecule has 0 saturated carbocycles. The van der Waals surface area contributed by atoms with Gasteiger partial charge in [0, 0.05) is 11.9 Å². The van der Waals surface area contributed by atoms with Crippen LogP contribution in [0.5, 0.6) is 0 Å². The van der Waals surface area contributed by atoms with Gasteiger partial charge in [-0.3, -0.25) is 10.4 Å². The van der Waals surface area contributed by atoms with Crippen LogP contribution in [0.2, 0.25) is 0 Å².